The molecule has 5 saturated carbocycles. The van der Waals surface area contributed by atoms with Crippen LogP contribution in [-0.2, 0) is 14.5 Å². The van der Waals surface area contributed by atoms with E-state index in [0.29, 0.717) is 24.4 Å². The zero-order valence-corrected chi connectivity index (χ0v) is 12.1. The van der Waals surface area contributed by atoms with Gasteiger partial charge in [-0.05, 0) is 68.3 Å². The van der Waals surface area contributed by atoms with E-state index in [1.165, 1.54) is 50.5 Å². The van der Waals surface area contributed by atoms with Crippen LogP contribution in [0.15, 0.2) is 12.2 Å². The molecule has 0 aromatic rings. The van der Waals surface area contributed by atoms with E-state index in [-0.39, 0.29) is 6.10 Å². The van der Waals surface area contributed by atoms with Crippen LogP contribution >= 0.6 is 0 Å². The highest BCUT2D eigenvalue weighted by Crippen LogP contribution is 2.61. The van der Waals surface area contributed by atoms with Gasteiger partial charge in [-0.25, -0.2) is 4.89 Å². The van der Waals surface area contributed by atoms with Crippen molar-refractivity contribution in [2.75, 3.05) is 6.61 Å². The van der Waals surface area contributed by atoms with Gasteiger partial charge in [0.1, 0.15) is 6.10 Å². The predicted molar refractivity (Wildman–Crippen MR) is 73.6 cm³/mol. The Hall–Kier alpha value is -0.380. The Morgan fingerprint density at radius 2 is 1.60 bits per heavy atom. The Labute approximate surface area is 120 Å². The highest BCUT2D eigenvalue weighted by atomic mass is 17.2. The molecule has 1 atom stereocenters. The zero-order valence-electron chi connectivity index (χ0n) is 12.1. The summed E-state index contributed by atoms with van der Waals surface area (Å²) < 4.78 is 6.35. The lowest BCUT2D eigenvalue weighted by atomic mass is 9.53. The highest BCUT2D eigenvalue weighted by Gasteiger charge is 2.61. The van der Waals surface area contributed by atoms with Gasteiger partial charge in [0.15, 0.2) is 0 Å². The van der Waals surface area contributed by atoms with Gasteiger partial charge in [-0.15, -0.1) is 0 Å². The van der Waals surface area contributed by atoms with Crippen LogP contribution in [0.3, 0.4) is 0 Å². The van der Waals surface area contributed by atoms with Gasteiger partial charge < -0.3 is 4.74 Å². The van der Waals surface area contributed by atoms with Crippen LogP contribution in [0.5, 0.6) is 0 Å². The lowest BCUT2D eigenvalue weighted by Gasteiger charge is -2.60. The number of rotatable bonds is 2. The Morgan fingerprint density at radius 3 is 2.10 bits per heavy atom. The minimum atomic E-state index is -0.409. The Morgan fingerprint density at radius 1 is 0.950 bits per heavy atom. The molecule has 5 aliphatic carbocycles. The molecule has 1 saturated heterocycles. The molecule has 0 radical (unpaired) electrons. The molecule has 110 valence electrons. The number of hydrogen-bond donors (Lipinski definition) is 0. The fourth-order valence-corrected chi connectivity index (χ4v) is 5.49. The van der Waals surface area contributed by atoms with Crippen molar-refractivity contribution in [3.63, 3.8) is 0 Å². The van der Waals surface area contributed by atoms with Crippen LogP contribution in [0.4, 0.5) is 0 Å². The lowest BCUT2D eigenvalue weighted by Crippen LogP contribution is -2.63. The maximum atomic E-state index is 6.35. The monoisotopic (exact) mass is 276 g/mol. The van der Waals surface area contributed by atoms with Gasteiger partial charge in [0.2, 0.25) is 5.79 Å². The molecule has 6 rings (SSSR count). The molecule has 1 heterocycles. The fourth-order valence-electron chi connectivity index (χ4n) is 5.49. The van der Waals surface area contributed by atoms with E-state index >= 15 is 0 Å². The summed E-state index contributed by atoms with van der Waals surface area (Å²) in [5.41, 5.74) is 1.18. The van der Waals surface area contributed by atoms with Gasteiger partial charge in [-0.1, -0.05) is 6.58 Å². The quantitative estimate of drug-likeness (QED) is 0.571. The van der Waals surface area contributed by atoms with Crippen molar-refractivity contribution < 1.29 is 14.5 Å². The Kier molecular flexibility index (Phi) is 2.49. The minimum absolute atomic E-state index is 0.0367. The molecule has 20 heavy (non-hydrogen) atoms. The second kappa shape index (κ2) is 4.08. The molecule has 3 nitrogen and oxygen atoms in total. The molecule has 6 fully saturated rings. The third-order valence-electron chi connectivity index (χ3n) is 6.55. The summed E-state index contributed by atoms with van der Waals surface area (Å²) in [5.74, 6) is 3.22. The number of ether oxygens (including phenoxy) is 1. The molecule has 6 aliphatic rings. The topological polar surface area (TPSA) is 27.7 Å². The van der Waals surface area contributed by atoms with Gasteiger partial charge in [0.05, 0.1) is 6.61 Å². The maximum absolute atomic E-state index is 6.35. The van der Waals surface area contributed by atoms with Crippen LogP contribution in [0, 0.1) is 29.6 Å². The summed E-state index contributed by atoms with van der Waals surface area (Å²) in [4.78, 5) is 11.8. The first-order chi connectivity index (χ1) is 9.74. The van der Waals surface area contributed by atoms with E-state index < -0.39 is 5.79 Å². The molecule has 0 aromatic carbocycles. The first-order valence-corrected chi connectivity index (χ1v) is 8.41. The van der Waals surface area contributed by atoms with Crippen LogP contribution in [0.1, 0.15) is 44.9 Å². The first kappa shape index (κ1) is 12.2. The summed E-state index contributed by atoms with van der Waals surface area (Å²) in [6.07, 6.45) is 9.07. The minimum Gasteiger partial charge on any atom is -0.344 e. The van der Waals surface area contributed by atoms with Crippen molar-refractivity contribution in [1.82, 2.24) is 0 Å². The average Bonchev–Trinajstić information content (AvgIpc) is 3.28. The molecule has 3 heteroatoms. The van der Waals surface area contributed by atoms with Crippen LogP contribution in [0.25, 0.3) is 0 Å². The zero-order chi connectivity index (χ0) is 13.3. The predicted octanol–water partition coefficient (Wildman–Crippen LogP) is 3.45. The van der Waals surface area contributed by atoms with Crippen molar-refractivity contribution in [3.05, 3.63) is 12.2 Å². The Bertz CT molecular complexity index is 402. The van der Waals surface area contributed by atoms with Gasteiger partial charge in [-0.2, -0.15) is 4.89 Å². The van der Waals surface area contributed by atoms with Crippen molar-refractivity contribution >= 4 is 0 Å². The summed E-state index contributed by atoms with van der Waals surface area (Å²) in [7, 11) is 0. The largest absolute Gasteiger partial charge is 0.344 e. The van der Waals surface area contributed by atoms with E-state index in [4.69, 9.17) is 14.5 Å². The first-order valence-electron chi connectivity index (χ1n) is 8.41. The van der Waals surface area contributed by atoms with Gasteiger partial charge in [0.25, 0.3) is 0 Å². The summed E-state index contributed by atoms with van der Waals surface area (Å²) in [5, 5.41) is 0. The standard InChI is InChI=1S/C17H24O3/c1-10(13-2-3-13)16-9-18-17(20-19-16)14-5-11-4-12(7-14)8-15(17)6-11/h11-16H,1-9H2. The maximum Gasteiger partial charge on any atom is 0.207 e. The average molecular weight is 276 g/mol. The third-order valence-corrected chi connectivity index (χ3v) is 6.55. The van der Waals surface area contributed by atoms with Crippen molar-refractivity contribution in [3.8, 4) is 0 Å². The van der Waals surface area contributed by atoms with Crippen LogP contribution < -0.4 is 0 Å². The molecule has 1 unspecified atom stereocenters. The molecule has 0 aromatic heterocycles. The molecular weight excluding hydrogens is 252 g/mol. The highest BCUT2D eigenvalue weighted by molar-refractivity contribution is 5.14. The number of hydrogen-bond acceptors (Lipinski definition) is 3. The summed E-state index contributed by atoms with van der Waals surface area (Å²) in [6.45, 7) is 4.83. The Balaban J connectivity index is 1.34. The molecular formula is C17H24O3. The van der Waals surface area contributed by atoms with E-state index in [1.807, 2.05) is 0 Å². The SMILES string of the molecule is C=C(C1CC1)C1COC2(OO1)C1CC3CC(C1)CC2C3. The second-order valence-corrected chi connectivity index (χ2v) is 7.85. The van der Waals surface area contributed by atoms with Gasteiger partial charge in [0, 0.05) is 11.8 Å². The summed E-state index contributed by atoms with van der Waals surface area (Å²) >= 11 is 0. The van der Waals surface area contributed by atoms with Crippen molar-refractivity contribution in [1.29, 1.82) is 0 Å². The van der Waals surface area contributed by atoms with E-state index in [9.17, 15) is 0 Å². The lowest BCUT2D eigenvalue weighted by molar-refractivity contribution is -0.520. The fraction of sp³-hybridized carbons (Fsp3) is 0.882. The smallest absolute Gasteiger partial charge is 0.207 e. The molecule has 1 spiro atoms. The molecule has 0 amide bonds. The third kappa shape index (κ3) is 1.63. The van der Waals surface area contributed by atoms with Crippen LogP contribution in [-0.4, -0.2) is 18.5 Å². The van der Waals surface area contributed by atoms with Crippen molar-refractivity contribution in [2.45, 2.75) is 56.8 Å². The second-order valence-electron chi connectivity index (χ2n) is 7.85. The van der Waals surface area contributed by atoms with E-state index in [0.717, 1.165) is 11.8 Å². The molecule has 0 N–H and O–H groups in total. The molecule has 1 aliphatic heterocycles. The normalized spacial score (nSPS) is 53.5. The van der Waals surface area contributed by atoms with E-state index in [2.05, 4.69) is 6.58 Å². The summed E-state index contributed by atoms with van der Waals surface area (Å²) in [6, 6.07) is 0. The van der Waals surface area contributed by atoms with Crippen molar-refractivity contribution in [2.24, 2.45) is 29.6 Å². The van der Waals surface area contributed by atoms with Crippen LogP contribution in [0.2, 0.25) is 0 Å². The molecule has 4 bridgehead atoms. The van der Waals surface area contributed by atoms with Gasteiger partial charge in [-0.3, -0.25) is 0 Å². The van der Waals surface area contributed by atoms with Gasteiger partial charge >= 0.3 is 0 Å². The van der Waals surface area contributed by atoms with E-state index in [1.54, 1.807) is 0 Å².